The van der Waals surface area contributed by atoms with Gasteiger partial charge in [-0.3, -0.25) is 0 Å². The van der Waals surface area contributed by atoms with Crippen LogP contribution in [0.4, 0.5) is 0 Å². The van der Waals surface area contributed by atoms with Gasteiger partial charge in [-0.1, -0.05) is 26.0 Å². The van der Waals surface area contributed by atoms with E-state index in [1.165, 1.54) is 0 Å². The first-order valence-corrected chi connectivity index (χ1v) is 6.69. The average molecular weight is 286 g/mol. The van der Waals surface area contributed by atoms with Crippen LogP contribution in [0.25, 0.3) is 0 Å². The summed E-state index contributed by atoms with van der Waals surface area (Å²) in [6.07, 6.45) is 2.41. The van der Waals surface area contributed by atoms with E-state index < -0.39 is 0 Å². The first kappa shape index (κ1) is 13.5. The van der Waals surface area contributed by atoms with Gasteiger partial charge in [0, 0.05) is 6.54 Å². The molecule has 0 bridgehead atoms. The van der Waals surface area contributed by atoms with Crippen LogP contribution >= 0.6 is 15.9 Å². The molecule has 0 aliphatic carbocycles. The Hall–Kier alpha value is -0.540. The van der Waals surface area contributed by atoms with Crippen LogP contribution in [0.15, 0.2) is 28.7 Å². The SMILES string of the molecule is CCCNCC(CC)Oc1ccccc1Br. The molecule has 1 aromatic rings. The third-order valence-corrected chi connectivity index (χ3v) is 3.04. The molecule has 0 fully saturated rings. The quantitative estimate of drug-likeness (QED) is 0.773. The molecule has 0 radical (unpaired) electrons. The molecule has 1 N–H and O–H groups in total. The highest BCUT2D eigenvalue weighted by molar-refractivity contribution is 9.10. The van der Waals surface area contributed by atoms with Gasteiger partial charge in [0.15, 0.2) is 0 Å². The van der Waals surface area contributed by atoms with Crippen LogP contribution in [-0.4, -0.2) is 19.2 Å². The molecule has 0 aliphatic rings. The van der Waals surface area contributed by atoms with Gasteiger partial charge in [-0.15, -0.1) is 0 Å². The predicted molar refractivity (Wildman–Crippen MR) is 72.0 cm³/mol. The van der Waals surface area contributed by atoms with Gasteiger partial charge in [-0.25, -0.2) is 0 Å². The van der Waals surface area contributed by atoms with Gasteiger partial charge in [-0.05, 0) is 47.4 Å². The Labute approximate surface area is 107 Å². The second-order valence-electron chi connectivity index (χ2n) is 3.78. The van der Waals surface area contributed by atoms with Crippen LogP contribution in [0.2, 0.25) is 0 Å². The summed E-state index contributed by atoms with van der Waals surface area (Å²) in [7, 11) is 0. The second kappa shape index (κ2) is 7.69. The molecule has 1 aromatic carbocycles. The van der Waals surface area contributed by atoms with E-state index in [-0.39, 0.29) is 6.10 Å². The molecule has 2 nitrogen and oxygen atoms in total. The fourth-order valence-corrected chi connectivity index (χ4v) is 1.81. The monoisotopic (exact) mass is 285 g/mol. The minimum atomic E-state index is 0.241. The van der Waals surface area contributed by atoms with Crippen molar-refractivity contribution in [3.8, 4) is 5.75 Å². The summed E-state index contributed by atoms with van der Waals surface area (Å²) >= 11 is 3.49. The maximum Gasteiger partial charge on any atom is 0.133 e. The van der Waals surface area contributed by atoms with Crippen molar-refractivity contribution in [2.75, 3.05) is 13.1 Å². The van der Waals surface area contributed by atoms with E-state index in [4.69, 9.17) is 4.74 Å². The number of hydrogen-bond acceptors (Lipinski definition) is 2. The average Bonchev–Trinajstić information content (AvgIpc) is 2.30. The fourth-order valence-electron chi connectivity index (χ4n) is 1.43. The minimum absolute atomic E-state index is 0.241. The van der Waals surface area contributed by atoms with E-state index >= 15 is 0 Å². The van der Waals surface area contributed by atoms with Crippen LogP contribution in [0, 0.1) is 0 Å². The highest BCUT2D eigenvalue weighted by Gasteiger charge is 2.09. The van der Waals surface area contributed by atoms with E-state index in [1.807, 2.05) is 24.3 Å². The lowest BCUT2D eigenvalue weighted by Gasteiger charge is -2.18. The van der Waals surface area contributed by atoms with E-state index in [9.17, 15) is 0 Å². The molecule has 0 saturated heterocycles. The topological polar surface area (TPSA) is 21.3 Å². The normalized spacial score (nSPS) is 12.4. The molecule has 90 valence electrons. The van der Waals surface area contributed by atoms with E-state index in [0.717, 1.165) is 36.2 Å². The Morgan fingerprint density at radius 2 is 2.06 bits per heavy atom. The van der Waals surface area contributed by atoms with E-state index in [1.54, 1.807) is 0 Å². The zero-order valence-electron chi connectivity index (χ0n) is 10.0. The summed E-state index contributed by atoms with van der Waals surface area (Å²) in [6.45, 7) is 6.28. The Kier molecular flexibility index (Phi) is 6.50. The summed E-state index contributed by atoms with van der Waals surface area (Å²) in [4.78, 5) is 0. The molecule has 1 rings (SSSR count). The predicted octanol–water partition coefficient (Wildman–Crippen LogP) is 3.61. The minimum Gasteiger partial charge on any atom is -0.488 e. The summed E-state index contributed by atoms with van der Waals surface area (Å²) in [5.74, 6) is 0.924. The van der Waals surface area contributed by atoms with Crippen molar-refractivity contribution < 1.29 is 4.74 Å². The molecule has 0 aliphatic heterocycles. The second-order valence-corrected chi connectivity index (χ2v) is 4.64. The molecule has 0 aromatic heterocycles. The molecule has 16 heavy (non-hydrogen) atoms. The summed E-state index contributed by atoms with van der Waals surface area (Å²) in [6, 6.07) is 7.98. The summed E-state index contributed by atoms with van der Waals surface area (Å²) < 4.78 is 6.95. The number of nitrogens with one attached hydrogen (secondary N) is 1. The zero-order valence-corrected chi connectivity index (χ0v) is 11.6. The van der Waals surface area contributed by atoms with Crippen molar-refractivity contribution in [1.29, 1.82) is 0 Å². The number of benzene rings is 1. The van der Waals surface area contributed by atoms with Gasteiger partial charge in [0.1, 0.15) is 11.9 Å². The highest BCUT2D eigenvalue weighted by atomic mass is 79.9. The van der Waals surface area contributed by atoms with Crippen molar-refractivity contribution in [3.63, 3.8) is 0 Å². The summed E-state index contributed by atoms with van der Waals surface area (Å²) in [5, 5.41) is 3.39. The van der Waals surface area contributed by atoms with Gasteiger partial charge in [0.25, 0.3) is 0 Å². The smallest absolute Gasteiger partial charge is 0.133 e. The van der Waals surface area contributed by atoms with Crippen molar-refractivity contribution in [1.82, 2.24) is 5.32 Å². The van der Waals surface area contributed by atoms with Crippen LogP contribution in [0.5, 0.6) is 5.75 Å². The maximum atomic E-state index is 5.93. The third-order valence-electron chi connectivity index (χ3n) is 2.38. The van der Waals surface area contributed by atoms with E-state index in [0.29, 0.717) is 0 Å². The molecular formula is C13H20BrNO. The van der Waals surface area contributed by atoms with Gasteiger partial charge >= 0.3 is 0 Å². The molecule has 0 saturated carbocycles. The first-order valence-electron chi connectivity index (χ1n) is 5.89. The molecule has 0 amide bonds. The largest absolute Gasteiger partial charge is 0.488 e. The Morgan fingerprint density at radius 3 is 2.69 bits per heavy atom. The van der Waals surface area contributed by atoms with Crippen LogP contribution in [0.3, 0.4) is 0 Å². The van der Waals surface area contributed by atoms with Crippen molar-refractivity contribution >= 4 is 15.9 Å². The van der Waals surface area contributed by atoms with Gasteiger partial charge in [0.05, 0.1) is 4.47 Å². The lowest BCUT2D eigenvalue weighted by Crippen LogP contribution is -2.31. The van der Waals surface area contributed by atoms with Gasteiger partial charge in [-0.2, -0.15) is 0 Å². The first-order chi connectivity index (χ1) is 7.77. The lowest BCUT2D eigenvalue weighted by molar-refractivity contribution is 0.192. The van der Waals surface area contributed by atoms with Crippen molar-refractivity contribution in [2.45, 2.75) is 32.8 Å². The number of halogens is 1. The number of ether oxygens (including phenoxy) is 1. The molecule has 0 heterocycles. The Balaban J connectivity index is 2.46. The molecule has 1 atom stereocenters. The lowest BCUT2D eigenvalue weighted by atomic mass is 10.2. The van der Waals surface area contributed by atoms with Crippen molar-refractivity contribution in [2.24, 2.45) is 0 Å². The maximum absolute atomic E-state index is 5.93. The number of hydrogen-bond donors (Lipinski definition) is 1. The van der Waals surface area contributed by atoms with Crippen LogP contribution < -0.4 is 10.1 Å². The molecule has 0 spiro atoms. The zero-order chi connectivity index (χ0) is 11.8. The summed E-state index contributed by atoms with van der Waals surface area (Å²) in [5.41, 5.74) is 0. The highest BCUT2D eigenvalue weighted by Crippen LogP contribution is 2.25. The van der Waals surface area contributed by atoms with Gasteiger partial charge in [0.2, 0.25) is 0 Å². The van der Waals surface area contributed by atoms with Gasteiger partial charge < -0.3 is 10.1 Å². The third kappa shape index (κ3) is 4.54. The molecule has 3 heteroatoms. The van der Waals surface area contributed by atoms with Crippen molar-refractivity contribution in [3.05, 3.63) is 28.7 Å². The molecule has 1 unspecified atom stereocenters. The Morgan fingerprint density at radius 1 is 1.31 bits per heavy atom. The standard InChI is InChI=1S/C13H20BrNO/c1-3-9-15-10-11(4-2)16-13-8-6-5-7-12(13)14/h5-8,11,15H,3-4,9-10H2,1-2H3. The number of rotatable bonds is 7. The number of para-hydroxylation sites is 1. The Bertz CT molecular complexity index is 304. The van der Waals surface area contributed by atoms with Crippen LogP contribution in [-0.2, 0) is 0 Å². The van der Waals surface area contributed by atoms with Crippen LogP contribution in [0.1, 0.15) is 26.7 Å². The van der Waals surface area contributed by atoms with E-state index in [2.05, 4.69) is 35.1 Å². The fraction of sp³-hybridized carbons (Fsp3) is 0.538. The molecular weight excluding hydrogens is 266 g/mol.